The van der Waals surface area contributed by atoms with Crippen molar-refractivity contribution in [1.29, 1.82) is 0 Å². The van der Waals surface area contributed by atoms with Gasteiger partial charge in [-0.1, -0.05) is 35.3 Å². The minimum absolute atomic E-state index is 0.631. The molecule has 0 fully saturated rings. The zero-order valence-corrected chi connectivity index (χ0v) is 16.9. The van der Waals surface area contributed by atoms with Crippen LogP contribution in [-0.4, -0.2) is 29.2 Å². The predicted molar refractivity (Wildman–Crippen MR) is 118 cm³/mol. The number of fused-ring (bicyclic) bond motifs is 6. The molecule has 3 aromatic carbocycles. The average molecular weight is 431 g/mol. The summed E-state index contributed by atoms with van der Waals surface area (Å²) in [6.07, 6.45) is 0. The summed E-state index contributed by atoms with van der Waals surface area (Å²) in [5, 5.41) is 19.2. The second-order valence-electron chi connectivity index (χ2n) is 6.87. The topological polar surface area (TPSA) is 60.4 Å². The van der Waals surface area contributed by atoms with E-state index in [0.29, 0.717) is 21.3 Å². The Hall–Kier alpha value is -3.48. The standard InChI is InChI=1S/C22H12Cl2N6/c23-15-9-5-13(6-10-15)19-25-27-21-22-28-26-20(14-7-11-16(24)12-8-14)30(22)18-4-2-1-3-17(18)29(19)21/h1-12H. The van der Waals surface area contributed by atoms with E-state index in [0.717, 1.165) is 33.8 Å². The number of para-hydroxylation sites is 2. The zero-order valence-electron chi connectivity index (χ0n) is 15.4. The van der Waals surface area contributed by atoms with Crippen LogP contribution in [0, 0.1) is 0 Å². The Balaban J connectivity index is 1.73. The maximum absolute atomic E-state index is 6.06. The van der Waals surface area contributed by atoms with Gasteiger partial charge in [-0.2, -0.15) is 0 Å². The molecule has 30 heavy (non-hydrogen) atoms. The van der Waals surface area contributed by atoms with Crippen molar-refractivity contribution in [1.82, 2.24) is 29.2 Å². The fourth-order valence-electron chi connectivity index (χ4n) is 3.73. The molecule has 144 valence electrons. The molecule has 0 radical (unpaired) electrons. The first-order valence-electron chi connectivity index (χ1n) is 9.23. The van der Waals surface area contributed by atoms with E-state index in [2.05, 4.69) is 20.4 Å². The summed E-state index contributed by atoms with van der Waals surface area (Å²) in [6.45, 7) is 0. The molecule has 3 heterocycles. The fourth-order valence-corrected chi connectivity index (χ4v) is 3.98. The first kappa shape index (κ1) is 17.4. The number of hydrogen-bond donors (Lipinski definition) is 0. The van der Waals surface area contributed by atoms with Crippen molar-refractivity contribution in [3.8, 4) is 22.8 Å². The maximum atomic E-state index is 6.06. The number of hydrogen-bond acceptors (Lipinski definition) is 4. The van der Waals surface area contributed by atoms with Gasteiger partial charge in [-0.15, -0.1) is 20.4 Å². The number of halogens is 2. The molecule has 0 aliphatic carbocycles. The summed E-state index contributed by atoms with van der Waals surface area (Å²) in [5.74, 6) is 1.44. The third-order valence-corrected chi connectivity index (χ3v) is 5.60. The van der Waals surface area contributed by atoms with Gasteiger partial charge < -0.3 is 0 Å². The lowest BCUT2D eigenvalue weighted by atomic mass is 10.2. The highest BCUT2D eigenvalue weighted by molar-refractivity contribution is 6.30. The molecule has 0 aliphatic heterocycles. The van der Waals surface area contributed by atoms with E-state index in [1.165, 1.54) is 0 Å². The number of aromatic nitrogens is 6. The minimum atomic E-state index is 0.631. The molecule has 3 aromatic heterocycles. The van der Waals surface area contributed by atoms with E-state index in [-0.39, 0.29) is 0 Å². The lowest BCUT2D eigenvalue weighted by molar-refractivity contribution is 1.10. The molecule has 0 saturated heterocycles. The van der Waals surface area contributed by atoms with E-state index in [1.54, 1.807) is 0 Å². The van der Waals surface area contributed by atoms with Crippen LogP contribution in [0.1, 0.15) is 0 Å². The van der Waals surface area contributed by atoms with Crippen molar-refractivity contribution in [3.05, 3.63) is 82.8 Å². The molecule has 6 aromatic rings. The summed E-state index contributed by atoms with van der Waals surface area (Å²) >= 11 is 12.1. The molecular weight excluding hydrogens is 419 g/mol. The van der Waals surface area contributed by atoms with Gasteiger partial charge in [0.25, 0.3) is 0 Å². The smallest absolute Gasteiger partial charge is 0.207 e. The van der Waals surface area contributed by atoms with E-state index in [1.807, 2.05) is 81.6 Å². The highest BCUT2D eigenvalue weighted by Crippen LogP contribution is 2.30. The van der Waals surface area contributed by atoms with Crippen LogP contribution in [0.15, 0.2) is 72.8 Å². The largest absolute Gasteiger partial charge is 0.270 e. The monoisotopic (exact) mass is 430 g/mol. The van der Waals surface area contributed by atoms with Crippen LogP contribution in [-0.2, 0) is 0 Å². The van der Waals surface area contributed by atoms with Gasteiger partial charge in [-0.25, -0.2) is 0 Å². The normalized spacial score (nSPS) is 11.7. The van der Waals surface area contributed by atoms with Crippen LogP contribution in [0.25, 0.3) is 45.1 Å². The van der Waals surface area contributed by atoms with Gasteiger partial charge in [0.05, 0.1) is 11.0 Å². The van der Waals surface area contributed by atoms with Gasteiger partial charge in [0, 0.05) is 21.2 Å². The first-order chi connectivity index (χ1) is 14.7. The highest BCUT2D eigenvalue weighted by atomic mass is 35.5. The quantitative estimate of drug-likeness (QED) is 0.360. The van der Waals surface area contributed by atoms with Crippen LogP contribution >= 0.6 is 23.2 Å². The summed E-state index contributed by atoms with van der Waals surface area (Å²) in [6, 6.07) is 23.2. The Labute approximate surface area is 180 Å². The maximum Gasteiger partial charge on any atom is 0.207 e. The lowest BCUT2D eigenvalue weighted by Crippen LogP contribution is -2.00. The van der Waals surface area contributed by atoms with E-state index in [4.69, 9.17) is 23.2 Å². The molecule has 0 amide bonds. The van der Waals surface area contributed by atoms with Gasteiger partial charge in [-0.3, -0.25) is 8.80 Å². The number of rotatable bonds is 2. The summed E-state index contributed by atoms with van der Waals surface area (Å²) in [5.41, 5.74) is 4.99. The Morgan fingerprint density at radius 3 is 1.30 bits per heavy atom. The molecule has 0 bridgehead atoms. The number of nitrogens with zero attached hydrogens (tertiary/aromatic N) is 6. The third-order valence-electron chi connectivity index (χ3n) is 5.09. The van der Waals surface area contributed by atoms with Crippen LogP contribution in [0.4, 0.5) is 0 Å². The Morgan fingerprint density at radius 2 is 0.900 bits per heavy atom. The molecule has 0 N–H and O–H groups in total. The fraction of sp³-hybridized carbons (Fsp3) is 0. The zero-order chi connectivity index (χ0) is 20.2. The third kappa shape index (κ3) is 2.51. The molecule has 8 heteroatoms. The van der Waals surface area contributed by atoms with Crippen molar-refractivity contribution in [3.63, 3.8) is 0 Å². The van der Waals surface area contributed by atoms with Crippen LogP contribution < -0.4 is 0 Å². The molecule has 0 aliphatic rings. The Kier molecular flexibility index (Phi) is 3.78. The van der Waals surface area contributed by atoms with Gasteiger partial charge in [0.15, 0.2) is 11.6 Å². The first-order valence-corrected chi connectivity index (χ1v) is 9.99. The van der Waals surface area contributed by atoms with Gasteiger partial charge in [0.1, 0.15) is 0 Å². The molecular formula is C22H12Cl2N6. The van der Waals surface area contributed by atoms with E-state index >= 15 is 0 Å². The van der Waals surface area contributed by atoms with E-state index in [9.17, 15) is 0 Å². The SMILES string of the molecule is Clc1ccc(-c2nnc3c4nnc(-c5ccc(Cl)cc5)n4c4ccccc4n23)cc1. The summed E-state index contributed by atoms with van der Waals surface area (Å²) in [7, 11) is 0. The molecule has 0 unspecified atom stereocenters. The summed E-state index contributed by atoms with van der Waals surface area (Å²) < 4.78 is 4.02. The highest BCUT2D eigenvalue weighted by Gasteiger charge is 2.20. The van der Waals surface area contributed by atoms with Gasteiger partial charge >= 0.3 is 0 Å². The molecule has 6 nitrogen and oxygen atoms in total. The van der Waals surface area contributed by atoms with Crippen molar-refractivity contribution >= 4 is 45.5 Å². The molecule has 0 spiro atoms. The molecule has 0 atom stereocenters. The molecule has 0 saturated carbocycles. The van der Waals surface area contributed by atoms with Crippen molar-refractivity contribution in [2.24, 2.45) is 0 Å². The van der Waals surface area contributed by atoms with Gasteiger partial charge in [0.2, 0.25) is 11.3 Å². The minimum Gasteiger partial charge on any atom is -0.270 e. The second kappa shape index (κ2) is 6.52. The Bertz CT molecular complexity index is 1430. The second-order valence-corrected chi connectivity index (χ2v) is 7.74. The van der Waals surface area contributed by atoms with Gasteiger partial charge in [-0.05, 0) is 60.7 Å². The molecule has 6 rings (SSSR count). The van der Waals surface area contributed by atoms with Crippen molar-refractivity contribution < 1.29 is 0 Å². The average Bonchev–Trinajstić information content (AvgIpc) is 3.40. The Morgan fingerprint density at radius 1 is 0.500 bits per heavy atom. The van der Waals surface area contributed by atoms with Crippen molar-refractivity contribution in [2.45, 2.75) is 0 Å². The lowest BCUT2D eigenvalue weighted by Gasteiger charge is -2.09. The van der Waals surface area contributed by atoms with Crippen molar-refractivity contribution in [2.75, 3.05) is 0 Å². The van der Waals surface area contributed by atoms with Crippen LogP contribution in [0.3, 0.4) is 0 Å². The summed E-state index contributed by atoms with van der Waals surface area (Å²) in [4.78, 5) is 0. The number of benzene rings is 3. The van der Waals surface area contributed by atoms with Crippen LogP contribution in [0.5, 0.6) is 0 Å². The predicted octanol–water partition coefficient (Wildman–Crippen LogP) is 5.57. The van der Waals surface area contributed by atoms with Crippen LogP contribution in [0.2, 0.25) is 10.0 Å². The van der Waals surface area contributed by atoms with E-state index < -0.39 is 0 Å².